The number of methoxy groups -OCH3 is 1. The van der Waals surface area contributed by atoms with Crippen LogP contribution in [0.5, 0.6) is 0 Å². The van der Waals surface area contributed by atoms with Crippen molar-refractivity contribution in [2.45, 2.75) is 92.1 Å². The van der Waals surface area contributed by atoms with E-state index in [1.54, 1.807) is 30.0 Å². The highest BCUT2D eigenvalue weighted by Gasteiger charge is 2.30. The Kier molecular flexibility index (Phi) is 16.3. The van der Waals surface area contributed by atoms with Crippen LogP contribution in [0.2, 0.25) is 0 Å². The second-order valence-electron chi connectivity index (χ2n) is 8.98. The molecule has 2 aromatic carbocycles. The SMILES string of the molecule is CC.CC.CCCC.COC1CCN(S(=O)(=O)c2ccc3cccnc3c2C)CC1.Cc1cccc2[nH]cnc12. The summed E-state index contributed by atoms with van der Waals surface area (Å²) in [7, 11) is -1.80. The summed E-state index contributed by atoms with van der Waals surface area (Å²) in [6.45, 7) is 17.2. The zero-order valence-corrected chi connectivity index (χ0v) is 26.8. The lowest BCUT2D eigenvalue weighted by Gasteiger charge is -2.30. The topological polar surface area (TPSA) is 88.2 Å². The monoisotopic (exact) mass is 570 g/mol. The van der Waals surface area contributed by atoms with Gasteiger partial charge < -0.3 is 9.72 Å². The lowest BCUT2D eigenvalue weighted by molar-refractivity contribution is 0.0604. The zero-order valence-electron chi connectivity index (χ0n) is 26.0. The predicted octanol–water partition coefficient (Wildman–Crippen LogP) is 8.07. The van der Waals surface area contributed by atoms with Crippen molar-refractivity contribution < 1.29 is 13.2 Å². The first kappa shape index (κ1) is 35.2. The number of H-pyrrole nitrogens is 1. The summed E-state index contributed by atoms with van der Waals surface area (Å²) >= 11 is 0. The first-order valence-electron chi connectivity index (χ1n) is 14.6. The number of aromatic amines is 1. The Bertz CT molecular complexity index is 1360. The number of hydrogen-bond acceptors (Lipinski definition) is 5. The third kappa shape index (κ3) is 9.39. The lowest BCUT2D eigenvalue weighted by atomic mass is 10.1. The number of benzene rings is 2. The second kappa shape index (κ2) is 18.5. The number of rotatable bonds is 4. The fraction of sp³-hybridized carbons (Fsp3) is 0.500. The Hall–Kier alpha value is -2.81. The van der Waals surface area contributed by atoms with Gasteiger partial charge in [-0.15, -0.1) is 0 Å². The maximum absolute atomic E-state index is 12.9. The van der Waals surface area contributed by atoms with Crippen LogP contribution in [0, 0.1) is 13.8 Å². The molecule has 0 unspecified atom stereocenters. The van der Waals surface area contributed by atoms with E-state index in [0.717, 1.165) is 34.8 Å². The maximum Gasteiger partial charge on any atom is 0.243 e. The number of sulfonamides is 1. The zero-order chi connectivity index (χ0) is 30.1. The highest BCUT2D eigenvalue weighted by atomic mass is 32.2. The molecule has 1 fully saturated rings. The third-order valence-electron chi connectivity index (χ3n) is 6.48. The van der Waals surface area contributed by atoms with Crippen LogP contribution in [0.3, 0.4) is 0 Å². The molecule has 0 bridgehead atoms. The Labute approximate surface area is 242 Å². The third-order valence-corrected chi connectivity index (χ3v) is 8.52. The number of aryl methyl sites for hydroxylation is 2. The van der Waals surface area contributed by atoms with Crippen LogP contribution in [-0.2, 0) is 14.8 Å². The summed E-state index contributed by atoms with van der Waals surface area (Å²) in [5.41, 5.74) is 4.86. The Morgan fingerprint density at radius 2 is 1.55 bits per heavy atom. The summed E-state index contributed by atoms with van der Waals surface area (Å²) < 4.78 is 32.7. The minimum Gasteiger partial charge on any atom is -0.381 e. The van der Waals surface area contributed by atoms with E-state index in [1.807, 2.05) is 65.0 Å². The lowest BCUT2D eigenvalue weighted by Crippen LogP contribution is -2.40. The molecule has 0 atom stereocenters. The number of ether oxygens (including phenoxy) is 1. The minimum absolute atomic E-state index is 0.158. The van der Waals surface area contributed by atoms with Crippen molar-refractivity contribution in [3.05, 3.63) is 66.1 Å². The van der Waals surface area contributed by atoms with Gasteiger partial charge in [0, 0.05) is 31.8 Å². The van der Waals surface area contributed by atoms with Crippen LogP contribution >= 0.6 is 0 Å². The van der Waals surface area contributed by atoms with E-state index in [1.165, 1.54) is 18.4 Å². The van der Waals surface area contributed by atoms with Gasteiger partial charge in [-0.25, -0.2) is 13.4 Å². The second-order valence-corrected chi connectivity index (χ2v) is 10.9. The summed E-state index contributed by atoms with van der Waals surface area (Å²) in [6.07, 6.45) is 7.68. The molecule has 2 aromatic heterocycles. The Balaban J connectivity index is 0.000000367. The van der Waals surface area contributed by atoms with Gasteiger partial charge in [-0.1, -0.05) is 78.6 Å². The number of nitrogens with one attached hydrogen (secondary N) is 1. The van der Waals surface area contributed by atoms with Crippen molar-refractivity contribution in [3.63, 3.8) is 0 Å². The number of nitrogens with zero attached hydrogens (tertiary/aromatic N) is 3. The summed E-state index contributed by atoms with van der Waals surface area (Å²) in [4.78, 5) is 11.9. The fourth-order valence-electron chi connectivity index (χ4n) is 4.11. The number of aromatic nitrogens is 3. The Morgan fingerprint density at radius 1 is 0.900 bits per heavy atom. The largest absolute Gasteiger partial charge is 0.381 e. The molecule has 0 spiro atoms. The van der Waals surface area contributed by atoms with Crippen LogP contribution in [0.15, 0.2) is 59.9 Å². The number of fused-ring (bicyclic) bond motifs is 2. The summed E-state index contributed by atoms with van der Waals surface area (Å²) in [5.74, 6) is 0. The minimum atomic E-state index is -3.48. The molecule has 4 aromatic rings. The summed E-state index contributed by atoms with van der Waals surface area (Å²) in [6, 6.07) is 13.4. The van der Waals surface area contributed by atoms with Crippen molar-refractivity contribution >= 4 is 32.0 Å². The van der Waals surface area contributed by atoms with Crippen molar-refractivity contribution in [2.75, 3.05) is 20.2 Å². The molecular formula is C32H50N4O3S. The smallest absolute Gasteiger partial charge is 0.243 e. The van der Waals surface area contributed by atoms with Crippen molar-refractivity contribution in [1.29, 1.82) is 0 Å². The first-order chi connectivity index (χ1) is 19.3. The fourth-order valence-corrected chi connectivity index (χ4v) is 5.81. The molecule has 40 heavy (non-hydrogen) atoms. The van der Waals surface area contributed by atoms with Gasteiger partial charge in [0.05, 0.1) is 33.9 Å². The molecule has 1 saturated heterocycles. The molecule has 0 radical (unpaired) electrons. The molecular weight excluding hydrogens is 520 g/mol. The molecule has 8 heteroatoms. The van der Waals surface area contributed by atoms with E-state index < -0.39 is 10.0 Å². The van der Waals surface area contributed by atoms with Crippen molar-refractivity contribution in [2.24, 2.45) is 0 Å². The van der Waals surface area contributed by atoms with Gasteiger partial charge >= 0.3 is 0 Å². The number of pyridine rings is 1. The molecule has 0 saturated carbocycles. The van der Waals surface area contributed by atoms with E-state index in [9.17, 15) is 8.42 Å². The molecule has 5 rings (SSSR count). The number of imidazole rings is 1. The van der Waals surface area contributed by atoms with Gasteiger partial charge in [-0.05, 0) is 56.0 Å². The van der Waals surface area contributed by atoms with Gasteiger partial charge in [-0.2, -0.15) is 4.31 Å². The van der Waals surface area contributed by atoms with Crippen LogP contribution in [0.1, 0.15) is 78.4 Å². The van der Waals surface area contributed by atoms with Crippen molar-refractivity contribution in [3.8, 4) is 0 Å². The van der Waals surface area contributed by atoms with Gasteiger partial charge in [0.1, 0.15) is 0 Å². The Morgan fingerprint density at radius 3 is 2.12 bits per heavy atom. The van der Waals surface area contributed by atoms with Crippen molar-refractivity contribution in [1.82, 2.24) is 19.3 Å². The molecule has 1 aliphatic heterocycles. The van der Waals surface area contributed by atoms with E-state index in [4.69, 9.17) is 4.74 Å². The van der Waals surface area contributed by atoms with E-state index in [-0.39, 0.29) is 6.10 Å². The van der Waals surface area contributed by atoms with Crippen LogP contribution in [-0.4, -0.2) is 54.0 Å². The molecule has 3 heterocycles. The highest BCUT2D eigenvalue weighted by Crippen LogP contribution is 2.28. The molecule has 0 amide bonds. The van der Waals surface area contributed by atoms with Gasteiger partial charge in [0.2, 0.25) is 10.0 Å². The van der Waals surface area contributed by atoms with Crippen LogP contribution in [0.4, 0.5) is 0 Å². The van der Waals surface area contributed by atoms with E-state index in [0.29, 0.717) is 23.5 Å². The number of hydrogen-bond donors (Lipinski definition) is 1. The van der Waals surface area contributed by atoms with Crippen LogP contribution < -0.4 is 0 Å². The van der Waals surface area contributed by atoms with Gasteiger partial charge in [0.25, 0.3) is 0 Å². The summed E-state index contributed by atoms with van der Waals surface area (Å²) in [5, 5.41) is 0.956. The quantitative estimate of drug-likeness (QED) is 0.268. The van der Waals surface area contributed by atoms with E-state index in [2.05, 4.69) is 41.8 Å². The molecule has 7 nitrogen and oxygen atoms in total. The molecule has 1 aliphatic rings. The normalized spacial score (nSPS) is 13.5. The average Bonchev–Trinajstić information content (AvgIpc) is 3.50. The average molecular weight is 571 g/mol. The van der Waals surface area contributed by atoms with E-state index >= 15 is 0 Å². The molecule has 222 valence electrons. The predicted molar refractivity (Wildman–Crippen MR) is 169 cm³/mol. The molecule has 0 aliphatic carbocycles. The first-order valence-corrected chi connectivity index (χ1v) is 16.0. The number of para-hydroxylation sites is 1. The standard InChI is InChI=1S/C16H20N2O3S.C8H8N2.C4H10.2C2H6/c1-12-15(6-5-13-4-3-9-17-16(12)13)22(19,20)18-10-7-14(21-2)8-11-18;1-6-3-2-4-7-8(6)10-5-9-7;1-3-4-2;2*1-2/h3-6,9,14H,7-8,10-11H2,1-2H3;2-5H,1H3,(H,9,10);3-4H2,1-2H3;2*1-2H3. The maximum atomic E-state index is 12.9. The highest BCUT2D eigenvalue weighted by molar-refractivity contribution is 7.89. The van der Waals surface area contributed by atoms with Gasteiger partial charge in [0.15, 0.2) is 0 Å². The number of unbranched alkanes of at least 4 members (excludes halogenated alkanes) is 1. The van der Waals surface area contributed by atoms with Crippen LogP contribution in [0.25, 0.3) is 21.9 Å². The van der Waals surface area contributed by atoms with Gasteiger partial charge in [-0.3, -0.25) is 4.98 Å². The number of piperidine rings is 1. The molecule has 1 N–H and O–H groups in total.